The Morgan fingerprint density at radius 2 is 1.84 bits per heavy atom. The monoisotopic (exact) mass is 308 g/mol. The molecule has 19 heavy (non-hydrogen) atoms. The van der Waals surface area contributed by atoms with Crippen LogP contribution in [0.4, 0.5) is 0 Å². The summed E-state index contributed by atoms with van der Waals surface area (Å²) in [5, 5.41) is -2.25. The summed E-state index contributed by atoms with van der Waals surface area (Å²) in [5.41, 5.74) is -1.50. The average Bonchev–Trinajstić information content (AvgIpc) is 2.59. The van der Waals surface area contributed by atoms with Gasteiger partial charge in [0, 0.05) is 14.1 Å². The molecule has 104 valence electrons. The second-order valence-corrected chi connectivity index (χ2v) is 6.10. The van der Waals surface area contributed by atoms with Crippen LogP contribution in [0.5, 0.6) is 0 Å². The lowest BCUT2D eigenvalue weighted by molar-refractivity contribution is 0.473. The summed E-state index contributed by atoms with van der Waals surface area (Å²) in [6.07, 6.45) is 0. The van der Waals surface area contributed by atoms with Crippen molar-refractivity contribution in [3.8, 4) is 0 Å². The summed E-state index contributed by atoms with van der Waals surface area (Å²) < 4.78 is 32.3. The predicted octanol–water partition coefficient (Wildman–Crippen LogP) is -2.88. The first-order chi connectivity index (χ1) is 8.54. The fourth-order valence-electron chi connectivity index (χ4n) is 1.70. The number of halogens is 1. The first-order valence-electron chi connectivity index (χ1n) is 4.94. The van der Waals surface area contributed by atoms with Gasteiger partial charge >= 0.3 is 5.69 Å². The van der Waals surface area contributed by atoms with E-state index in [1.165, 1.54) is 14.1 Å². The fraction of sp³-hybridized carbons (Fsp3) is 0.500. The van der Waals surface area contributed by atoms with Crippen molar-refractivity contribution in [2.75, 3.05) is 5.75 Å². The molecule has 1 atom stereocenters. The van der Waals surface area contributed by atoms with Gasteiger partial charge in [-0.3, -0.25) is 18.5 Å². The molecular weight excluding hydrogens is 300 g/mol. The summed E-state index contributed by atoms with van der Waals surface area (Å²) in [7, 11) is -1.85. The van der Waals surface area contributed by atoms with E-state index in [1.54, 1.807) is 0 Å². The minimum atomic E-state index is -4.45. The van der Waals surface area contributed by atoms with E-state index < -0.39 is 32.2 Å². The number of fused-ring (bicyclic) bond motifs is 1. The number of rotatable bonds is 2. The summed E-state index contributed by atoms with van der Waals surface area (Å²) in [6.45, 7) is 0. The molecule has 0 aromatic carbocycles. The highest BCUT2D eigenvalue weighted by Gasteiger charge is 2.35. The third-order valence-corrected chi connectivity index (χ3v) is 3.77. The Labute approximate surface area is 111 Å². The van der Waals surface area contributed by atoms with Crippen molar-refractivity contribution in [2.45, 2.75) is 5.12 Å². The highest BCUT2D eigenvalue weighted by atomic mass is 35.5. The molecule has 1 unspecified atom stereocenters. The van der Waals surface area contributed by atoms with Gasteiger partial charge in [-0.25, -0.2) is 14.8 Å². The van der Waals surface area contributed by atoms with Gasteiger partial charge in [-0.05, 0) is 0 Å². The molecule has 0 fully saturated rings. The molecule has 1 aliphatic rings. The molecular formula is C8H9ClN4O5S. The van der Waals surface area contributed by atoms with E-state index in [0.717, 1.165) is 9.13 Å². The maximum atomic E-state index is 11.8. The minimum absolute atomic E-state index is 0.119. The van der Waals surface area contributed by atoms with Crippen LogP contribution in [-0.4, -0.2) is 33.0 Å². The number of alkyl halides is 1. The van der Waals surface area contributed by atoms with Crippen LogP contribution in [0.25, 0.3) is 0 Å². The van der Waals surface area contributed by atoms with Crippen LogP contribution in [-0.2, 0) is 24.2 Å². The van der Waals surface area contributed by atoms with Gasteiger partial charge in [-0.2, -0.15) is 8.42 Å². The Morgan fingerprint density at radius 1 is 1.26 bits per heavy atom. The van der Waals surface area contributed by atoms with Crippen molar-refractivity contribution in [1.82, 2.24) is 9.13 Å². The minimum Gasteiger partial charge on any atom is -0.285 e. The topological polar surface area (TPSA) is 123 Å². The summed E-state index contributed by atoms with van der Waals surface area (Å²) in [6, 6.07) is 0. The number of aromatic nitrogens is 2. The Balaban J connectivity index is 2.85. The maximum Gasteiger partial charge on any atom is 0.332 e. The standard InChI is InChI=1S/C8H9ClN4O5S/c1-12-5-4(6(14)13(2)7(12)15)10-8(9,11-5)3-19(16,17)18/h3H2,1-2H3,(H,16,17,18). The van der Waals surface area contributed by atoms with Crippen molar-refractivity contribution in [2.24, 2.45) is 24.1 Å². The van der Waals surface area contributed by atoms with E-state index in [4.69, 9.17) is 16.2 Å². The lowest BCUT2D eigenvalue weighted by Crippen LogP contribution is -2.55. The predicted molar refractivity (Wildman–Crippen MR) is 64.2 cm³/mol. The van der Waals surface area contributed by atoms with E-state index >= 15 is 0 Å². The van der Waals surface area contributed by atoms with E-state index in [2.05, 4.69) is 9.98 Å². The maximum absolute atomic E-state index is 11.8. The fourth-order valence-corrected chi connectivity index (χ4v) is 2.87. The van der Waals surface area contributed by atoms with Crippen LogP contribution in [0.1, 0.15) is 0 Å². The zero-order valence-corrected chi connectivity index (χ0v) is 11.4. The molecule has 1 aromatic heterocycles. The van der Waals surface area contributed by atoms with Crippen LogP contribution >= 0.6 is 11.6 Å². The molecule has 1 aromatic rings. The zero-order chi connectivity index (χ0) is 14.6. The normalized spacial score (nSPS) is 21.7. The van der Waals surface area contributed by atoms with Gasteiger partial charge in [0.2, 0.25) is 5.12 Å². The van der Waals surface area contributed by atoms with Gasteiger partial charge in [0.05, 0.1) is 0 Å². The largest absolute Gasteiger partial charge is 0.332 e. The van der Waals surface area contributed by atoms with Gasteiger partial charge < -0.3 is 0 Å². The second-order valence-electron chi connectivity index (χ2n) is 4.05. The Hall–Kier alpha value is -1.52. The van der Waals surface area contributed by atoms with Crippen molar-refractivity contribution in [3.05, 3.63) is 31.7 Å². The van der Waals surface area contributed by atoms with E-state index in [0.29, 0.717) is 0 Å². The summed E-state index contributed by atoms with van der Waals surface area (Å²) in [5.74, 6) is -0.992. The van der Waals surface area contributed by atoms with Gasteiger partial charge in [-0.1, -0.05) is 11.6 Å². The van der Waals surface area contributed by atoms with E-state index in [-0.39, 0.29) is 10.8 Å². The van der Waals surface area contributed by atoms with Gasteiger partial charge in [-0.15, -0.1) is 0 Å². The lowest BCUT2D eigenvalue weighted by atomic mass is 10.5. The first kappa shape index (κ1) is 13.9. The van der Waals surface area contributed by atoms with Crippen LogP contribution in [0.15, 0.2) is 19.6 Å². The molecule has 0 aliphatic carbocycles. The smallest absolute Gasteiger partial charge is 0.285 e. The van der Waals surface area contributed by atoms with Gasteiger partial charge in [0.25, 0.3) is 15.7 Å². The molecule has 9 nitrogen and oxygen atoms in total. The molecule has 1 aliphatic heterocycles. The Bertz CT molecular complexity index is 899. The van der Waals surface area contributed by atoms with Crippen LogP contribution in [0.3, 0.4) is 0 Å². The Morgan fingerprint density at radius 3 is 2.37 bits per heavy atom. The number of hydrogen-bond acceptors (Lipinski definition) is 6. The first-order valence-corrected chi connectivity index (χ1v) is 6.93. The number of nitrogens with zero attached hydrogens (tertiary/aromatic N) is 4. The van der Waals surface area contributed by atoms with Crippen LogP contribution in [0.2, 0.25) is 0 Å². The molecule has 0 amide bonds. The number of hydrogen-bond donors (Lipinski definition) is 1. The van der Waals surface area contributed by atoms with Crippen LogP contribution < -0.4 is 22.1 Å². The van der Waals surface area contributed by atoms with Crippen LogP contribution in [0, 0.1) is 0 Å². The molecule has 0 saturated carbocycles. The molecule has 2 rings (SSSR count). The third kappa shape index (κ3) is 2.33. The highest BCUT2D eigenvalue weighted by molar-refractivity contribution is 7.85. The van der Waals surface area contributed by atoms with E-state index in [1.807, 2.05) is 0 Å². The van der Waals surface area contributed by atoms with Crippen molar-refractivity contribution >= 4 is 21.7 Å². The quantitative estimate of drug-likeness (QED) is 0.357. The Kier molecular flexibility index (Phi) is 2.92. The van der Waals surface area contributed by atoms with Crippen molar-refractivity contribution < 1.29 is 13.0 Å². The average molecular weight is 309 g/mol. The second kappa shape index (κ2) is 3.99. The third-order valence-electron chi connectivity index (χ3n) is 2.54. The lowest BCUT2D eigenvalue weighted by Gasteiger charge is -2.11. The molecule has 0 bridgehead atoms. The van der Waals surface area contributed by atoms with Crippen molar-refractivity contribution in [3.63, 3.8) is 0 Å². The molecule has 1 N–H and O–H groups in total. The molecule has 0 spiro atoms. The molecule has 11 heteroatoms. The summed E-state index contributed by atoms with van der Waals surface area (Å²) in [4.78, 5) is 30.9. The zero-order valence-electron chi connectivity index (χ0n) is 9.86. The summed E-state index contributed by atoms with van der Waals surface area (Å²) >= 11 is 5.83. The SMILES string of the molecule is Cn1c(=O)c2c(n(C)c1=O)=NC(Cl)(CS(=O)(=O)O)N=2. The van der Waals surface area contributed by atoms with Gasteiger partial charge in [0.15, 0.2) is 10.8 Å². The van der Waals surface area contributed by atoms with Crippen molar-refractivity contribution in [1.29, 1.82) is 0 Å². The van der Waals surface area contributed by atoms with E-state index in [9.17, 15) is 18.0 Å². The molecule has 2 heterocycles. The molecule has 0 radical (unpaired) electrons. The highest BCUT2D eigenvalue weighted by Crippen LogP contribution is 2.20. The molecule has 0 saturated heterocycles. The van der Waals surface area contributed by atoms with Gasteiger partial charge in [0.1, 0.15) is 5.75 Å².